The van der Waals surface area contributed by atoms with E-state index in [1.165, 1.54) is 0 Å². The molecule has 2 aromatic rings. The van der Waals surface area contributed by atoms with E-state index in [-0.39, 0.29) is 5.75 Å². The number of aromatic hydroxyl groups is 1. The van der Waals surface area contributed by atoms with Crippen LogP contribution in [0.5, 0.6) is 11.5 Å². The van der Waals surface area contributed by atoms with Gasteiger partial charge in [0.15, 0.2) is 0 Å². The first-order valence-electron chi connectivity index (χ1n) is 4.99. The number of nitrogens with zero attached hydrogens (tertiary/aromatic N) is 1. The summed E-state index contributed by atoms with van der Waals surface area (Å²) in [5.41, 5.74) is 1.77. The Balaban J connectivity index is 2.07. The molecule has 84 valence electrons. The van der Waals surface area contributed by atoms with Crippen LogP contribution < -0.4 is 4.74 Å². The Kier molecular flexibility index (Phi) is 3.10. The molecule has 16 heavy (non-hydrogen) atoms. The van der Waals surface area contributed by atoms with Crippen LogP contribution in [0.3, 0.4) is 0 Å². The van der Waals surface area contributed by atoms with Gasteiger partial charge in [-0.2, -0.15) is 0 Å². The van der Waals surface area contributed by atoms with Crippen molar-refractivity contribution < 1.29 is 9.84 Å². The summed E-state index contributed by atoms with van der Waals surface area (Å²) in [6, 6.07) is 5.26. The normalized spacial score (nSPS) is 10.4. The molecule has 0 spiro atoms. The standard InChI is InChI=1S/C12H13NO2S/c1-8-7-16-12(13-8)6-15-11-5-3-4-10(14)9(11)2/h3-5,7,14H,6H2,1-2H3. The molecule has 0 bridgehead atoms. The number of benzene rings is 1. The number of hydrogen-bond acceptors (Lipinski definition) is 4. The maximum absolute atomic E-state index is 9.51. The molecule has 0 aliphatic carbocycles. The van der Waals surface area contributed by atoms with Crippen molar-refractivity contribution in [1.29, 1.82) is 0 Å². The van der Waals surface area contributed by atoms with Crippen molar-refractivity contribution in [2.45, 2.75) is 20.5 Å². The molecule has 0 aliphatic rings. The summed E-state index contributed by atoms with van der Waals surface area (Å²) in [6.07, 6.45) is 0. The minimum Gasteiger partial charge on any atom is -0.508 e. The zero-order chi connectivity index (χ0) is 11.5. The van der Waals surface area contributed by atoms with Crippen LogP contribution in [0.1, 0.15) is 16.3 Å². The molecule has 1 heterocycles. The molecule has 1 aromatic carbocycles. The lowest BCUT2D eigenvalue weighted by atomic mass is 10.2. The molecule has 0 atom stereocenters. The number of thiazole rings is 1. The van der Waals surface area contributed by atoms with Gasteiger partial charge < -0.3 is 9.84 Å². The van der Waals surface area contributed by atoms with E-state index in [0.29, 0.717) is 12.4 Å². The van der Waals surface area contributed by atoms with Crippen LogP contribution in [-0.4, -0.2) is 10.1 Å². The molecule has 4 heteroatoms. The number of rotatable bonds is 3. The number of ether oxygens (including phenoxy) is 1. The van der Waals surface area contributed by atoms with Gasteiger partial charge in [0, 0.05) is 16.6 Å². The van der Waals surface area contributed by atoms with Gasteiger partial charge in [-0.3, -0.25) is 0 Å². The Morgan fingerprint density at radius 1 is 1.38 bits per heavy atom. The molecule has 0 amide bonds. The second kappa shape index (κ2) is 4.53. The van der Waals surface area contributed by atoms with Crippen molar-refractivity contribution in [3.8, 4) is 11.5 Å². The summed E-state index contributed by atoms with van der Waals surface area (Å²) in [5, 5.41) is 12.4. The van der Waals surface area contributed by atoms with Crippen LogP contribution in [0.4, 0.5) is 0 Å². The van der Waals surface area contributed by atoms with Crippen LogP contribution >= 0.6 is 11.3 Å². The maximum Gasteiger partial charge on any atom is 0.140 e. The van der Waals surface area contributed by atoms with Crippen molar-refractivity contribution in [3.63, 3.8) is 0 Å². The highest BCUT2D eigenvalue weighted by Crippen LogP contribution is 2.26. The van der Waals surface area contributed by atoms with Gasteiger partial charge in [0.1, 0.15) is 23.1 Å². The van der Waals surface area contributed by atoms with E-state index < -0.39 is 0 Å². The number of aryl methyl sites for hydroxylation is 1. The van der Waals surface area contributed by atoms with E-state index in [9.17, 15) is 5.11 Å². The molecule has 0 unspecified atom stereocenters. The molecule has 1 aromatic heterocycles. The van der Waals surface area contributed by atoms with Crippen LogP contribution in [0.15, 0.2) is 23.6 Å². The first-order valence-corrected chi connectivity index (χ1v) is 5.87. The van der Waals surface area contributed by atoms with Gasteiger partial charge in [0.25, 0.3) is 0 Å². The van der Waals surface area contributed by atoms with Crippen LogP contribution in [0.25, 0.3) is 0 Å². The van der Waals surface area contributed by atoms with E-state index in [4.69, 9.17) is 4.74 Å². The molecule has 0 fully saturated rings. The summed E-state index contributed by atoms with van der Waals surface area (Å²) in [4.78, 5) is 4.31. The average molecular weight is 235 g/mol. The molecule has 2 rings (SSSR count). The molecule has 0 aliphatic heterocycles. The zero-order valence-corrected chi connectivity index (χ0v) is 10.0. The third-order valence-corrected chi connectivity index (χ3v) is 3.21. The fourth-order valence-corrected chi connectivity index (χ4v) is 2.05. The Morgan fingerprint density at radius 3 is 2.88 bits per heavy atom. The van der Waals surface area contributed by atoms with E-state index in [0.717, 1.165) is 16.3 Å². The summed E-state index contributed by atoms with van der Waals surface area (Å²) >= 11 is 1.58. The number of phenols is 1. The first kappa shape index (κ1) is 11.0. The van der Waals surface area contributed by atoms with E-state index in [1.54, 1.807) is 23.5 Å². The highest BCUT2D eigenvalue weighted by atomic mass is 32.1. The highest BCUT2D eigenvalue weighted by Gasteiger charge is 2.05. The van der Waals surface area contributed by atoms with Crippen molar-refractivity contribution in [2.24, 2.45) is 0 Å². The summed E-state index contributed by atoms with van der Waals surface area (Å²) < 4.78 is 5.60. The number of hydrogen-bond donors (Lipinski definition) is 1. The Bertz CT molecular complexity index is 494. The largest absolute Gasteiger partial charge is 0.508 e. The van der Waals surface area contributed by atoms with E-state index >= 15 is 0 Å². The molecule has 1 N–H and O–H groups in total. The van der Waals surface area contributed by atoms with Gasteiger partial charge in [-0.15, -0.1) is 11.3 Å². The van der Waals surface area contributed by atoms with Gasteiger partial charge in [-0.05, 0) is 26.0 Å². The second-order valence-electron chi connectivity index (χ2n) is 3.57. The second-order valence-corrected chi connectivity index (χ2v) is 4.51. The van der Waals surface area contributed by atoms with Crippen molar-refractivity contribution >= 4 is 11.3 Å². The van der Waals surface area contributed by atoms with Crippen molar-refractivity contribution in [2.75, 3.05) is 0 Å². The summed E-state index contributed by atoms with van der Waals surface area (Å²) in [6.45, 7) is 4.24. The zero-order valence-electron chi connectivity index (χ0n) is 9.23. The fourth-order valence-electron chi connectivity index (χ4n) is 1.37. The lowest BCUT2D eigenvalue weighted by Crippen LogP contribution is -1.96. The predicted octanol–water partition coefficient (Wildman–Crippen LogP) is 3.04. The topological polar surface area (TPSA) is 42.4 Å². The van der Waals surface area contributed by atoms with E-state index in [1.807, 2.05) is 25.3 Å². The minimum absolute atomic E-state index is 0.257. The molecular weight excluding hydrogens is 222 g/mol. The Hall–Kier alpha value is -1.55. The number of aromatic nitrogens is 1. The summed E-state index contributed by atoms with van der Waals surface area (Å²) in [5.74, 6) is 0.959. The van der Waals surface area contributed by atoms with Gasteiger partial charge >= 0.3 is 0 Å². The number of phenolic OH excluding ortho intramolecular Hbond substituents is 1. The molecule has 0 saturated carbocycles. The SMILES string of the molecule is Cc1csc(COc2cccc(O)c2C)n1. The Morgan fingerprint density at radius 2 is 2.19 bits per heavy atom. The third kappa shape index (κ3) is 2.33. The smallest absolute Gasteiger partial charge is 0.140 e. The van der Waals surface area contributed by atoms with Crippen LogP contribution in [-0.2, 0) is 6.61 Å². The fraction of sp³-hybridized carbons (Fsp3) is 0.250. The van der Waals surface area contributed by atoms with E-state index in [2.05, 4.69) is 4.98 Å². The van der Waals surface area contributed by atoms with Gasteiger partial charge in [-0.25, -0.2) is 4.98 Å². The van der Waals surface area contributed by atoms with Gasteiger partial charge in [0.2, 0.25) is 0 Å². The van der Waals surface area contributed by atoms with Crippen LogP contribution in [0.2, 0.25) is 0 Å². The third-order valence-electron chi connectivity index (χ3n) is 2.27. The van der Waals surface area contributed by atoms with Crippen LogP contribution in [0, 0.1) is 13.8 Å². The molecule has 0 saturated heterocycles. The first-order chi connectivity index (χ1) is 7.66. The predicted molar refractivity (Wildman–Crippen MR) is 64.0 cm³/mol. The Labute approximate surface area is 98.4 Å². The molecular formula is C12H13NO2S. The lowest BCUT2D eigenvalue weighted by molar-refractivity contribution is 0.301. The lowest BCUT2D eigenvalue weighted by Gasteiger charge is -2.08. The monoisotopic (exact) mass is 235 g/mol. The summed E-state index contributed by atoms with van der Waals surface area (Å²) in [7, 11) is 0. The minimum atomic E-state index is 0.257. The average Bonchev–Trinajstić information content (AvgIpc) is 2.67. The van der Waals surface area contributed by atoms with Gasteiger partial charge in [-0.1, -0.05) is 6.07 Å². The molecule has 3 nitrogen and oxygen atoms in total. The quantitative estimate of drug-likeness (QED) is 0.889. The van der Waals surface area contributed by atoms with Gasteiger partial charge in [0.05, 0.1) is 0 Å². The highest BCUT2D eigenvalue weighted by molar-refractivity contribution is 7.09. The molecule has 0 radical (unpaired) electrons. The van der Waals surface area contributed by atoms with Crippen molar-refractivity contribution in [3.05, 3.63) is 39.8 Å². The van der Waals surface area contributed by atoms with Crippen molar-refractivity contribution in [1.82, 2.24) is 4.98 Å². The maximum atomic E-state index is 9.51.